The van der Waals surface area contributed by atoms with Crippen LogP contribution in [0.3, 0.4) is 0 Å². The van der Waals surface area contributed by atoms with Gasteiger partial charge in [-0.1, -0.05) is 30.2 Å². The predicted octanol–water partition coefficient (Wildman–Crippen LogP) is 3.52. The number of halogens is 4. The molecule has 2 nitrogen and oxygen atoms in total. The number of aliphatic hydroxyl groups excluding tert-OH is 1. The van der Waals surface area contributed by atoms with E-state index in [2.05, 4.69) is 0 Å². The number of alkyl halides is 3. The molecule has 106 valence electrons. The van der Waals surface area contributed by atoms with E-state index in [9.17, 15) is 18.3 Å². The highest BCUT2D eigenvalue weighted by Crippen LogP contribution is 2.40. The molecule has 3 N–H and O–H groups in total. The smallest absolute Gasteiger partial charge is 0.391 e. The first kappa shape index (κ1) is 14.6. The lowest BCUT2D eigenvalue weighted by Gasteiger charge is -2.34. The lowest BCUT2D eigenvalue weighted by atomic mass is 9.77. The molecule has 2 rings (SSSR count). The minimum atomic E-state index is -4.52. The summed E-state index contributed by atoms with van der Waals surface area (Å²) in [5.41, 5.74) is 5.10. The molecule has 2 atom stereocenters. The molecule has 6 heteroatoms. The van der Waals surface area contributed by atoms with Gasteiger partial charge in [0.25, 0.3) is 0 Å². The number of hydrogen-bond acceptors (Lipinski definition) is 2. The summed E-state index contributed by atoms with van der Waals surface area (Å²) in [7, 11) is 0. The van der Waals surface area contributed by atoms with Gasteiger partial charge < -0.3 is 10.8 Å². The number of aliphatic hydroxyl groups is 1. The standard InChI is InChI=1S/C13H15ClF3NO/c14-10-8(5-2-6-9(10)13(15,16)17)11(18)12(19)7-3-1-4-7/h2,5-7,11-12,19H,1,3-4,18H2/t11-,12+/m0/s1. The van der Waals surface area contributed by atoms with Crippen molar-refractivity contribution >= 4 is 11.6 Å². The lowest BCUT2D eigenvalue weighted by molar-refractivity contribution is -0.137. The number of hydrogen-bond donors (Lipinski definition) is 2. The van der Waals surface area contributed by atoms with Crippen LogP contribution in [0.1, 0.15) is 36.4 Å². The van der Waals surface area contributed by atoms with Crippen molar-refractivity contribution < 1.29 is 18.3 Å². The number of rotatable bonds is 3. The van der Waals surface area contributed by atoms with Gasteiger partial charge in [-0.15, -0.1) is 0 Å². The molecule has 0 unspecified atom stereocenters. The Labute approximate surface area is 114 Å². The molecule has 1 aliphatic rings. The van der Waals surface area contributed by atoms with Crippen LogP contribution in [0, 0.1) is 5.92 Å². The molecule has 1 aromatic carbocycles. The SMILES string of the molecule is N[C@@H](c1cccc(C(F)(F)F)c1Cl)[C@H](O)C1CCC1. The van der Waals surface area contributed by atoms with Gasteiger partial charge in [-0.25, -0.2) is 0 Å². The van der Waals surface area contributed by atoms with E-state index in [4.69, 9.17) is 17.3 Å². The van der Waals surface area contributed by atoms with Crippen molar-refractivity contribution in [2.75, 3.05) is 0 Å². The molecule has 1 fully saturated rings. The van der Waals surface area contributed by atoms with Gasteiger partial charge in [0.15, 0.2) is 0 Å². The molecule has 1 aliphatic carbocycles. The number of benzene rings is 1. The minimum Gasteiger partial charge on any atom is -0.391 e. The van der Waals surface area contributed by atoms with Crippen LogP contribution in [-0.4, -0.2) is 11.2 Å². The molecule has 0 heterocycles. The summed E-state index contributed by atoms with van der Waals surface area (Å²) in [6, 6.07) is 2.72. The maximum atomic E-state index is 12.7. The van der Waals surface area contributed by atoms with Crippen molar-refractivity contribution in [2.24, 2.45) is 11.7 Å². The van der Waals surface area contributed by atoms with Gasteiger partial charge in [-0.3, -0.25) is 0 Å². The van der Waals surface area contributed by atoms with Crippen LogP contribution in [0.15, 0.2) is 18.2 Å². The van der Waals surface area contributed by atoms with Crippen LogP contribution in [0.25, 0.3) is 0 Å². The third-order valence-corrected chi connectivity index (χ3v) is 4.12. The van der Waals surface area contributed by atoms with Crippen molar-refractivity contribution in [3.8, 4) is 0 Å². The first-order valence-corrected chi connectivity index (χ1v) is 6.49. The highest BCUT2D eigenvalue weighted by atomic mass is 35.5. The topological polar surface area (TPSA) is 46.2 Å². The molecule has 1 aromatic rings. The third-order valence-electron chi connectivity index (χ3n) is 3.69. The average molecular weight is 294 g/mol. The van der Waals surface area contributed by atoms with Gasteiger partial charge in [0.2, 0.25) is 0 Å². The average Bonchev–Trinajstić information content (AvgIpc) is 2.24. The summed E-state index contributed by atoms with van der Waals surface area (Å²) in [5, 5.41) is 9.63. The summed E-state index contributed by atoms with van der Waals surface area (Å²) < 4.78 is 38.2. The zero-order chi connectivity index (χ0) is 14.2. The maximum absolute atomic E-state index is 12.7. The van der Waals surface area contributed by atoms with Crippen molar-refractivity contribution in [3.63, 3.8) is 0 Å². The van der Waals surface area contributed by atoms with Crippen LogP contribution < -0.4 is 5.73 Å². The monoisotopic (exact) mass is 293 g/mol. The van der Waals surface area contributed by atoms with E-state index in [1.54, 1.807) is 0 Å². The molecule has 1 saturated carbocycles. The van der Waals surface area contributed by atoms with E-state index >= 15 is 0 Å². The second kappa shape index (κ2) is 5.31. The highest BCUT2D eigenvalue weighted by molar-refractivity contribution is 6.32. The van der Waals surface area contributed by atoms with Crippen molar-refractivity contribution in [2.45, 2.75) is 37.6 Å². The maximum Gasteiger partial charge on any atom is 0.417 e. The van der Waals surface area contributed by atoms with E-state index < -0.39 is 28.9 Å². The quantitative estimate of drug-likeness (QED) is 0.896. The van der Waals surface area contributed by atoms with Crippen LogP contribution in [-0.2, 0) is 6.18 Å². The lowest BCUT2D eigenvalue weighted by Crippen LogP contribution is -2.36. The zero-order valence-electron chi connectivity index (χ0n) is 10.1. The third kappa shape index (κ3) is 2.88. The van der Waals surface area contributed by atoms with E-state index in [0.29, 0.717) is 0 Å². The molecule has 0 radical (unpaired) electrons. The summed E-state index contributed by atoms with van der Waals surface area (Å²) >= 11 is 5.79. The van der Waals surface area contributed by atoms with Gasteiger partial charge in [-0.05, 0) is 30.4 Å². The molecular weight excluding hydrogens is 279 g/mol. The van der Waals surface area contributed by atoms with Gasteiger partial charge in [-0.2, -0.15) is 13.2 Å². The van der Waals surface area contributed by atoms with Crippen molar-refractivity contribution in [3.05, 3.63) is 34.3 Å². The van der Waals surface area contributed by atoms with Crippen LogP contribution in [0.5, 0.6) is 0 Å². The highest BCUT2D eigenvalue weighted by Gasteiger charge is 2.36. The van der Waals surface area contributed by atoms with Gasteiger partial charge in [0.05, 0.1) is 22.7 Å². The van der Waals surface area contributed by atoms with E-state index in [-0.39, 0.29) is 11.5 Å². The van der Waals surface area contributed by atoms with Gasteiger partial charge in [0.1, 0.15) is 0 Å². The van der Waals surface area contributed by atoms with Crippen LogP contribution >= 0.6 is 11.6 Å². The molecule has 0 aliphatic heterocycles. The predicted molar refractivity (Wildman–Crippen MR) is 66.7 cm³/mol. The van der Waals surface area contributed by atoms with Crippen LogP contribution in [0.2, 0.25) is 5.02 Å². The minimum absolute atomic E-state index is 0.0561. The second-order valence-electron chi connectivity index (χ2n) is 4.91. The summed E-state index contributed by atoms with van der Waals surface area (Å²) in [4.78, 5) is 0. The Hall–Kier alpha value is -0.780. The van der Waals surface area contributed by atoms with Crippen molar-refractivity contribution in [1.82, 2.24) is 0 Å². The fraction of sp³-hybridized carbons (Fsp3) is 0.538. The fourth-order valence-corrected chi connectivity index (χ4v) is 2.64. The molecule has 0 saturated heterocycles. The molecule has 0 amide bonds. The van der Waals surface area contributed by atoms with E-state index in [0.717, 1.165) is 25.3 Å². The summed E-state index contributed by atoms with van der Waals surface area (Å²) in [5.74, 6) is 0.0561. The normalized spacial score (nSPS) is 19.9. The molecule has 0 spiro atoms. The fourth-order valence-electron chi connectivity index (χ4n) is 2.28. The molecule has 0 aromatic heterocycles. The Morgan fingerprint density at radius 1 is 1.32 bits per heavy atom. The number of nitrogens with two attached hydrogens (primary N) is 1. The van der Waals surface area contributed by atoms with Gasteiger partial charge >= 0.3 is 6.18 Å². The Morgan fingerprint density at radius 3 is 2.42 bits per heavy atom. The van der Waals surface area contributed by atoms with Gasteiger partial charge in [0, 0.05) is 0 Å². The summed E-state index contributed by atoms with van der Waals surface area (Å²) in [6.07, 6.45) is -2.65. The van der Waals surface area contributed by atoms with E-state index in [1.807, 2.05) is 0 Å². The molecular formula is C13H15ClF3NO. The Kier molecular flexibility index (Phi) is 4.08. The van der Waals surface area contributed by atoms with E-state index in [1.165, 1.54) is 12.1 Å². The molecule has 0 bridgehead atoms. The Morgan fingerprint density at radius 2 is 1.95 bits per heavy atom. The Balaban J connectivity index is 2.29. The first-order valence-electron chi connectivity index (χ1n) is 6.11. The second-order valence-corrected chi connectivity index (χ2v) is 5.29. The first-order chi connectivity index (χ1) is 8.82. The largest absolute Gasteiger partial charge is 0.417 e. The van der Waals surface area contributed by atoms with Crippen LogP contribution in [0.4, 0.5) is 13.2 Å². The summed E-state index contributed by atoms with van der Waals surface area (Å²) in [6.45, 7) is 0. The Bertz CT molecular complexity index is 460. The molecule has 19 heavy (non-hydrogen) atoms. The zero-order valence-corrected chi connectivity index (χ0v) is 10.9. The van der Waals surface area contributed by atoms with Crippen molar-refractivity contribution in [1.29, 1.82) is 0 Å².